The molecule has 4 heteroatoms. The second-order valence-corrected chi connectivity index (χ2v) is 10.2. The fraction of sp³-hybridized carbons (Fsp3) is 0.357. The van der Waals surface area contributed by atoms with Gasteiger partial charge in [-0.15, -0.1) is 0 Å². The lowest BCUT2D eigenvalue weighted by Crippen LogP contribution is -2.49. The maximum absolute atomic E-state index is 2.62. The third kappa shape index (κ3) is 2.38. The molecular weight excluding hydrogens is 392 g/mol. The molecule has 4 heterocycles. The summed E-state index contributed by atoms with van der Waals surface area (Å²) in [4.78, 5) is 10.4. The summed E-state index contributed by atoms with van der Waals surface area (Å²) in [5, 5.41) is 0. The molecule has 0 amide bonds. The van der Waals surface area contributed by atoms with Crippen LogP contribution in [0.1, 0.15) is 44.5 Å². The van der Waals surface area contributed by atoms with Crippen molar-refractivity contribution in [3.63, 3.8) is 0 Å². The maximum atomic E-state index is 2.62. The Morgan fingerprint density at radius 3 is 1.41 bits per heavy atom. The van der Waals surface area contributed by atoms with Crippen LogP contribution >= 0.6 is 0 Å². The lowest BCUT2D eigenvalue weighted by atomic mass is 9.87. The van der Waals surface area contributed by atoms with E-state index in [0.29, 0.717) is 0 Å². The minimum Gasteiger partial charge on any atom is -0.349 e. The topological polar surface area (TPSA) is 13.0 Å². The van der Waals surface area contributed by atoms with E-state index in [1.54, 1.807) is 0 Å². The van der Waals surface area contributed by atoms with E-state index in [9.17, 15) is 0 Å². The summed E-state index contributed by atoms with van der Waals surface area (Å²) in [6.07, 6.45) is 0. The highest BCUT2D eigenvalue weighted by molar-refractivity contribution is 5.81. The number of anilines is 4. The molecule has 3 aromatic carbocycles. The van der Waals surface area contributed by atoms with Gasteiger partial charge in [-0.05, 0) is 62.1 Å². The van der Waals surface area contributed by atoms with E-state index in [2.05, 4.69) is 83.7 Å². The van der Waals surface area contributed by atoms with Crippen molar-refractivity contribution in [3.05, 3.63) is 80.9 Å². The van der Waals surface area contributed by atoms with Gasteiger partial charge >= 0.3 is 0 Å². The van der Waals surface area contributed by atoms with Gasteiger partial charge in [-0.3, -0.25) is 0 Å². The summed E-state index contributed by atoms with van der Waals surface area (Å²) in [6, 6.07) is 13.9. The summed E-state index contributed by atoms with van der Waals surface area (Å²) in [7, 11) is 0. The SMILES string of the molecule is Cc1ccc2c(c1)CN1CN2Cc2c(C)c3c(c(C)c21)CN1CN3Cc2cc(C)ccc21. The molecular formula is C28H30N4. The van der Waals surface area contributed by atoms with E-state index in [-0.39, 0.29) is 0 Å². The van der Waals surface area contributed by atoms with Crippen molar-refractivity contribution in [1.82, 2.24) is 0 Å². The fourth-order valence-electron chi connectivity index (χ4n) is 6.66. The van der Waals surface area contributed by atoms with E-state index < -0.39 is 0 Å². The molecule has 4 aliphatic heterocycles. The number of hydrogen-bond donors (Lipinski definition) is 0. The number of benzene rings is 3. The van der Waals surface area contributed by atoms with Crippen molar-refractivity contribution >= 4 is 22.7 Å². The normalized spacial score (nSPS) is 17.6. The van der Waals surface area contributed by atoms with Gasteiger partial charge in [-0.1, -0.05) is 35.4 Å². The zero-order valence-electron chi connectivity index (χ0n) is 19.5. The first kappa shape index (κ1) is 18.4. The molecule has 0 N–H and O–H groups in total. The van der Waals surface area contributed by atoms with E-state index in [1.807, 2.05) is 0 Å². The molecule has 0 fully saturated rings. The molecule has 0 atom stereocenters. The van der Waals surface area contributed by atoms with Crippen LogP contribution in [0, 0.1) is 27.7 Å². The van der Waals surface area contributed by atoms with Crippen LogP contribution in [0.3, 0.4) is 0 Å². The first-order valence-corrected chi connectivity index (χ1v) is 11.8. The van der Waals surface area contributed by atoms with Crippen LogP contribution in [0.25, 0.3) is 0 Å². The number of nitrogens with zero attached hydrogens (tertiary/aromatic N) is 4. The summed E-state index contributed by atoms with van der Waals surface area (Å²) >= 11 is 0. The Balaban J connectivity index is 1.38. The van der Waals surface area contributed by atoms with Gasteiger partial charge in [0.2, 0.25) is 0 Å². The summed E-state index contributed by atoms with van der Waals surface area (Å²) in [5.74, 6) is 0. The molecule has 4 aliphatic rings. The number of aryl methyl sites for hydroxylation is 2. The minimum absolute atomic E-state index is 0.998. The average Bonchev–Trinajstić information content (AvgIpc) is 2.76. The molecule has 4 nitrogen and oxygen atoms in total. The second-order valence-electron chi connectivity index (χ2n) is 10.2. The lowest BCUT2D eigenvalue weighted by molar-refractivity contribution is 0.625. The first-order valence-electron chi connectivity index (χ1n) is 11.8. The number of rotatable bonds is 0. The molecule has 0 aromatic heterocycles. The highest BCUT2D eigenvalue weighted by Gasteiger charge is 2.38. The third-order valence-electron chi connectivity index (χ3n) is 8.07. The Bertz CT molecular complexity index is 1210. The average molecular weight is 423 g/mol. The van der Waals surface area contributed by atoms with Gasteiger partial charge in [-0.25, -0.2) is 0 Å². The summed E-state index contributed by atoms with van der Waals surface area (Å²) < 4.78 is 0. The molecule has 3 aromatic rings. The van der Waals surface area contributed by atoms with Crippen LogP contribution < -0.4 is 19.6 Å². The van der Waals surface area contributed by atoms with Crippen molar-refractivity contribution < 1.29 is 0 Å². The molecule has 4 bridgehead atoms. The van der Waals surface area contributed by atoms with Crippen molar-refractivity contribution in [2.45, 2.75) is 53.9 Å². The molecule has 0 unspecified atom stereocenters. The van der Waals surface area contributed by atoms with Crippen LogP contribution in [0.15, 0.2) is 36.4 Å². The van der Waals surface area contributed by atoms with E-state index in [1.165, 1.54) is 67.3 Å². The summed E-state index contributed by atoms with van der Waals surface area (Å²) in [5.41, 5.74) is 17.5. The molecule has 32 heavy (non-hydrogen) atoms. The predicted molar refractivity (Wildman–Crippen MR) is 133 cm³/mol. The lowest BCUT2D eigenvalue weighted by Gasteiger charge is -2.50. The van der Waals surface area contributed by atoms with Crippen LogP contribution in [-0.2, 0) is 26.2 Å². The van der Waals surface area contributed by atoms with Gasteiger partial charge in [0, 0.05) is 60.1 Å². The second kappa shape index (κ2) is 6.22. The van der Waals surface area contributed by atoms with E-state index in [4.69, 9.17) is 0 Å². The van der Waals surface area contributed by atoms with Crippen molar-refractivity contribution in [1.29, 1.82) is 0 Å². The smallest absolute Gasteiger partial charge is 0.0910 e. The zero-order chi connectivity index (χ0) is 21.7. The van der Waals surface area contributed by atoms with Crippen molar-refractivity contribution in [3.8, 4) is 0 Å². The fourth-order valence-corrected chi connectivity index (χ4v) is 6.66. The Kier molecular flexibility index (Phi) is 3.58. The van der Waals surface area contributed by atoms with Gasteiger partial charge in [0.1, 0.15) is 0 Å². The highest BCUT2D eigenvalue weighted by atomic mass is 15.4. The molecule has 7 rings (SSSR count). The van der Waals surface area contributed by atoms with Crippen LogP contribution in [-0.4, -0.2) is 13.3 Å². The van der Waals surface area contributed by atoms with Crippen molar-refractivity contribution in [2.75, 3.05) is 32.9 Å². The monoisotopic (exact) mass is 422 g/mol. The quantitative estimate of drug-likeness (QED) is 0.473. The van der Waals surface area contributed by atoms with Crippen LogP contribution in [0.2, 0.25) is 0 Å². The van der Waals surface area contributed by atoms with E-state index in [0.717, 1.165) is 39.5 Å². The van der Waals surface area contributed by atoms with Gasteiger partial charge in [-0.2, -0.15) is 0 Å². The summed E-state index contributed by atoms with van der Waals surface area (Å²) in [6.45, 7) is 15.2. The maximum Gasteiger partial charge on any atom is 0.0910 e. The van der Waals surface area contributed by atoms with Crippen molar-refractivity contribution in [2.24, 2.45) is 0 Å². The van der Waals surface area contributed by atoms with E-state index >= 15 is 0 Å². The Hall–Kier alpha value is -3.14. The molecule has 0 saturated heterocycles. The Labute approximate surface area is 190 Å². The Morgan fingerprint density at radius 1 is 0.531 bits per heavy atom. The van der Waals surface area contributed by atoms with Gasteiger partial charge in [0.15, 0.2) is 0 Å². The minimum atomic E-state index is 0.998. The molecule has 162 valence electrons. The largest absolute Gasteiger partial charge is 0.349 e. The standard InChI is InChI=1S/C28H30N4/c1-17-5-7-25-21(9-17)11-31-15-29(25)13-23-20(4)28-24(19(3)27(23)31)14-30-16-32(28)12-22-10-18(2)6-8-26(22)30/h5-10H,11-16H2,1-4H3. The first-order chi connectivity index (χ1) is 15.5. The van der Waals surface area contributed by atoms with Gasteiger partial charge < -0.3 is 19.6 Å². The van der Waals surface area contributed by atoms with Gasteiger partial charge in [0.05, 0.1) is 13.3 Å². The molecule has 0 spiro atoms. The Morgan fingerprint density at radius 2 is 0.969 bits per heavy atom. The number of hydrogen-bond acceptors (Lipinski definition) is 4. The zero-order valence-corrected chi connectivity index (χ0v) is 19.5. The van der Waals surface area contributed by atoms with Gasteiger partial charge in [0.25, 0.3) is 0 Å². The van der Waals surface area contributed by atoms with Crippen LogP contribution in [0.4, 0.5) is 22.7 Å². The third-order valence-corrected chi connectivity index (χ3v) is 8.07. The number of fused-ring (bicyclic) bond motifs is 12. The highest BCUT2D eigenvalue weighted by Crippen LogP contribution is 2.49. The molecule has 0 radical (unpaired) electrons. The molecule has 0 saturated carbocycles. The predicted octanol–water partition coefficient (Wildman–Crippen LogP) is 5.52. The molecule has 0 aliphatic carbocycles. The van der Waals surface area contributed by atoms with Crippen LogP contribution in [0.5, 0.6) is 0 Å².